The van der Waals surface area contributed by atoms with E-state index in [1.54, 1.807) is 0 Å². The molecule has 2 unspecified atom stereocenters. The second kappa shape index (κ2) is 8.10. The Morgan fingerprint density at radius 3 is 1.07 bits per heavy atom. The van der Waals surface area contributed by atoms with Crippen molar-refractivity contribution in [1.29, 1.82) is 0 Å². The predicted molar refractivity (Wildman–Crippen MR) is 51.1 cm³/mol. The van der Waals surface area contributed by atoms with Gasteiger partial charge in [0, 0.05) is 0 Å². The molecular formula is C11H22Na2O2. The van der Waals surface area contributed by atoms with Crippen molar-refractivity contribution in [3.8, 4) is 0 Å². The maximum Gasteiger partial charge on any atom is 1.00 e. The van der Waals surface area contributed by atoms with Gasteiger partial charge in [0.05, 0.1) is 0 Å². The molecule has 0 aromatic rings. The smallest absolute Gasteiger partial charge is 0.852 e. The second-order valence-corrected chi connectivity index (χ2v) is 5.95. The molecule has 15 heavy (non-hydrogen) atoms. The van der Waals surface area contributed by atoms with Gasteiger partial charge < -0.3 is 10.2 Å². The van der Waals surface area contributed by atoms with Crippen LogP contribution in [0.3, 0.4) is 0 Å². The third-order valence-electron chi connectivity index (χ3n) is 2.36. The van der Waals surface area contributed by atoms with Gasteiger partial charge in [0.1, 0.15) is 0 Å². The van der Waals surface area contributed by atoms with E-state index in [4.69, 9.17) is 0 Å². The van der Waals surface area contributed by atoms with Crippen LogP contribution in [0.5, 0.6) is 0 Å². The largest absolute Gasteiger partial charge is 1.00 e. The molecule has 0 aliphatic carbocycles. The molecule has 0 spiro atoms. The van der Waals surface area contributed by atoms with Crippen LogP contribution in [0, 0.1) is 10.8 Å². The summed E-state index contributed by atoms with van der Waals surface area (Å²) in [6.07, 6.45) is -1.28. The first-order valence-electron chi connectivity index (χ1n) is 4.87. The molecule has 0 saturated heterocycles. The summed E-state index contributed by atoms with van der Waals surface area (Å²) in [4.78, 5) is 0. The Bertz CT molecular complexity index is 141. The minimum Gasteiger partial charge on any atom is -0.852 e. The molecule has 0 bridgehead atoms. The molecule has 4 heteroatoms. The van der Waals surface area contributed by atoms with Gasteiger partial charge in [0.2, 0.25) is 0 Å². The summed E-state index contributed by atoms with van der Waals surface area (Å²) in [6, 6.07) is 0. The molecule has 0 fully saturated rings. The van der Waals surface area contributed by atoms with Crippen molar-refractivity contribution in [3.05, 3.63) is 0 Å². The molecule has 0 heterocycles. The van der Waals surface area contributed by atoms with Crippen LogP contribution in [0.2, 0.25) is 0 Å². The number of hydrogen-bond donors (Lipinski definition) is 0. The average Bonchev–Trinajstić information content (AvgIpc) is 1.82. The minimum atomic E-state index is -0.755. The quantitative estimate of drug-likeness (QED) is 0.447. The number of hydrogen-bond acceptors (Lipinski definition) is 2. The molecular weight excluding hydrogens is 210 g/mol. The molecule has 2 nitrogen and oxygen atoms in total. The van der Waals surface area contributed by atoms with Gasteiger partial charge in [-0.2, -0.15) is 0 Å². The molecule has 0 aliphatic heterocycles. The summed E-state index contributed by atoms with van der Waals surface area (Å²) in [7, 11) is 0. The summed E-state index contributed by atoms with van der Waals surface area (Å²) < 4.78 is 0. The van der Waals surface area contributed by atoms with Crippen LogP contribution in [-0.4, -0.2) is 12.2 Å². The summed E-state index contributed by atoms with van der Waals surface area (Å²) in [5.41, 5.74) is -0.595. The van der Waals surface area contributed by atoms with E-state index in [1.807, 2.05) is 41.5 Å². The van der Waals surface area contributed by atoms with E-state index in [0.29, 0.717) is 0 Å². The summed E-state index contributed by atoms with van der Waals surface area (Å²) >= 11 is 0. The van der Waals surface area contributed by atoms with E-state index in [0.717, 1.165) is 0 Å². The topological polar surface area (TPSA) is 46.1 Å². The molecule has 0 amide bonds. The van der Waals surface area contributed by atoms with E-state index < -0.39 is 12.2 Å². The molecule has 2 atom stereocenters. The van der Waals surface area contributed by atoms with Crippen molar-refractivity contribution < 1.29 is 69.3 Å². The van der Waals surface area contributed by atoms with Gasteiger partial charge in [0.15, 0.2) is 0 Å². The molecule has 0 aliphatic rings. The summed E-state index contributed by atoms with van der Waals surface area (Å²) in [5.74, 6) is 0. The van der Waals surface area contributed by atoms with Gasteiger partial charge in [-0.3, -0.25) is 0 Å². The van der Waals surface area contributed by atoms with Crippen molar-refractivity contribution in [1.82, 2.24) is 0 Å². The minimum absolute atomic E-state index is 0. The van der Waals surface area contributed by atoms with Crippen LogP contribution in [-0.2, 0) is 0 Å². The van der Waals surface area contributed by atoms with E-state index in [1.165, 1.54) is 0 Å². The molecule has 0 aromatic heterocycles. The van der Waals surface area contributed by atoms with E-state index in [-0.39, 0.29) is 76.4 Å². The van der Waals surface area contributed by atoms with Crippen molar-refractivity contribution in [3.63, 3.8) is 0 Å². The fraction of sp³-hybridized carbons (Fsp3) is 1.00. The fourth-order valence-electron chi connectivity index (χ4n) is 0.902. The van der Waals surface area contributed by atoms with E-state index in [2.05, 4.69) is 0 Å². The van der Waals surface area contributed by atoms with Gasteiger partial charge in [0.25, 0.3) is 0 Å². The Kier molecular flexibility index (Phi) is 11.9. The van der Waals surface area contributed by atoms with Crippen LogP contribution in [0.25, 0.3) is 0 Å². The first-order valence-corrected chi connectivity index (χ1v) is 4.87. The normalized spacial score (nSPS) is 16.0. The average molecular weight is 232 g/mol. The van der Waals surface area contributed by atoms with E-state index >= 15 is 0 Å². The Morgan fingerprint density at radius 2 is 0.933 bits per heavy atom. The molecule has 80 valence electrons. The molecule has 0 saturated carbocycles. The van der Waals surface area contributed by atoms with Crippen molar-refractivity contribution in [2.75, 3.05) is 0 Å². The zero-order valence-electron chi connectivity index (χ0n) is 11.7. The van der Waals surface area contributed by atoms with Crippen LogP contribution in [0.1, 0.15) is 48.0 Å². The third kappa shape index (κ3) is 9.61. The van der Waals surface area contributed by atoms with Crippen LogP contribution in [0.15, 0.2) is 0 Å². The third-order valence-corrected chi connectivity index (χ3v) is 2.36. The zero-order chi connectivity index (χ0) is 10.9. The molecule has 0 rings (SSSR count). The zero-order valence-corrected chi connectivity index (χ0v) is 15.7. The van der Waals surface area contributed by atoms with Gasteiger partial charge in [-0.1, -0.05) is 58.8 Å². The fourth-order valence-corrected chi connectivity index (χ4v) is 0.902. The maximum atomic E-state index is 11.6. The van der Waals surface area contributed by atoms with Crippen molar-refractivity contribution in [2.24, 2.45) is 10.8 Å². The molecule has 0 radical (unpaired) electrons. The van der Waals surface area contributed by atoms with Crippen molar-refractivity contribution >= 4 is 0 Å². The molecule has 0 N–H and O–H groups in total. The number of rotatable bonds is 2. The maximum absolute atomic E-state index is 11.6. The standard InChI is InChI=1S/C11H22O2.2Na/c1-10(2,3)8(12)7-9(13)11(4,5)6;;/h8-9H,7H2,1-6H3;;/q-2;2*+1. The van der Waals surface area contributed by atoms with Gasteiger partial charge in [-0.25, -0.2) is 0 Å². The predicted octanol–water partition coefficient (Wildman–Crippen LogP) is -5.07. The summed E-state index contributed by atoms with van der Waals surface area (Å²) in [6.45, 7) is 11.3. The van der Waals surface area contributed by atoms with Crippen LogP contribution < -0.4 is 69.3 Å². The van der Waals surface area contributed by atoms with Crippen LogP contribution in [0.4, 0.5) is 0 Å². The summed E-state index contributed by atoms with van der Waals surface area (Å²) in [5, 5.41) is 23.2. The second-order valence-electron chi connectivity index (χ2n) is 5.95. The van der Waals surface area contributed by atoms with Crippen molar-refractivity contribution in [2.45, 2.75) is 60.2 Å². The molecule has 0 aromatic carbocycles. The SMILES string of the molecule is CC(C)(C)C([O-])CC([O-])C(C)(C)C.[Na+].[Na+]. The Hall–Kier alpha value is 1.92. The first kappa shape index (κ1) is 22.1. The van der Waals surface area contributed by atoms with Gasteiger partial charge in [-0.05, 0) is 0 Å². The van der Waals surface area contributed by atoms with E-state index in [9.17, 15) is 10.2 Å². The Morgan fingerprint density at radius 1 is 0.733 bits per heavy atom. The first-order chi connectivity index (χ1) is 5.55. The Balaban J connectivity index is -0.000000720. The monoisotopic (exact) mass is 232 g/mol. The van der Waals surface area contributed by atoms with Gasteiger partial charge in [-0.15, -0.1) is 12.2 Å². The van der Waals surface area contributed by atoms with Crippen LogP contribution >= 0.6 is 0 Å². The Labute approximate surface area is 139 Å². The van der Waals surface area contributed by atoms with Gasteiger partial charge >= 0.3 is 59.1 Å².